The number of carboxylic acid groups (broad SMARTS) is 2. The summed E-state index contributed by atoms with van der Waals surface area (Å²) in [6.07, 6.45) is -1.83. The Morgan fingerprint density at radius 1 is 1.00 bits per heavy atom. The molecule has 0 atom stereocenters. The summed E-state index contributed by atoms with van der Waals surface area (Å²) in [4.78, 5) is 8.56. The topological polar surface area (TPSA) is 121 Å². The Balaban J connectivity index is -0.00000000750. The molecule has 50 valence electrons. The van der Waals surface area contributed by atoms with Gasteiger partial charge in [-0.15, -0.1) is 0 Å². The van der Waals surface area contributed by atoms with Crippen molar-refractivity contribution in [3.05, 3.63) is 0 Å². The molecule has 7 heteroatoms. The van der Waals surface area contributed by atoms with Crippen molar-refractivity contribution in [1.29, 1.82) is 0 Å². The van der Waals surface area contributed by atoms with Crippen molar-refractivity contribution < 1.29 is 26.0 Å². The molecule has 0 bridgehead atoms. The Labute approximate surface area is 83.9 Å². The zero-order chi connectivity index (χ0) is 3.58. The summed E-state index contributed by atoms with van der Waals surface area (Å²) in [5.41, 5.74) is 0. The summed E-state index contributed by atoms with van der Waals surface area (Å²) in [5, 5.41) is 13.9. The van der Waals surface area contributed by atoms with Gasteiger partial charge < -0.3 is 21.2 Å². The fourth-order valence-electron chi connectivity index (χ4n) is 0. The van der Waals surface area contributed by atoms with Gasteiger partial charge in [-0.2, -0.15) is 0 Å². The second-order valence-electron chi connectivity index (χ2n) is 0.283. The number of hydrogen-bond donors (Lipinski definition) is 2. The van der Waals surface area contributed by atoms with Gasteiger partial charge >= 0.3 is 6.16 Å². The summed E-state index contributed by atoms with van der Waals surface area (Å²) < 4.78 is 0. The van der Waals surface area contributed by atoms with Crippen LogP contribution in [0.15, 0.2) is 0 Å². The Hall–Kier alpha value is 0.956. The van der Waals surface area contributed by atoms with Crippen molar-refractivity contribution in [3.8, 4) is 0 Å². The zero-order valence-corrected chi connectivity index (χ0v) is 10.7. The molecule has 0 amide bonds. The Bertz CT molecular complexity index is 33.4. The second-order valence-corrected chi connectivity index (χ2v) is 0.283. The van der Waals surface area contributed by atoms with Crippen LogP contribution < -0.4 is 0 Å². The first-order valence-electron chi connectivity index (χ1n) is 0.651. The summed E-state index contributed by atoms with van der Waals surface area (Å²) in [6.45, 7) is 0. The summed E-state index contributed by atoms with van der Waals surface area (Å²) in [5.74, 6) is 0. The van der Waals surface area contributed by atoms with Gasteiger partial charge in [0.1, 0.15) is 0 Å². The first-order chi connectivity index (χ1) is 1.73. The van der Waals surface area contributed by atoms with Crippen molar-refractivity contribution in [2.75, 3.05) is 0 Å². The van der Waals surface area contributed by atoms with Gasteiger partial charge in [0.15, 0.2) is 0 Å². The monoisotopic (exact) mass is 516 g/mol. The van der Waals surface area contributed by atoms with E-state index in [1.165, 1.54) is 0 Å². The minimum Gasteiger partial charge on any atom is -0.450 e. The number of carbonyl (C=O) groups is 1. The van der Waals surface area contributed by atoms with E-state index in [1.807, 2.05) is 0 Å². The molecular weight excluding hydrogens is 510 g/mol. The minimum absolute atomic E-state index is 0. The van der Waals surface area contributed by atoms with E-state index in [1.54, 1.807) is 0 Å². The molecule has 0 aliphatic carbocycles. The number of rotatable bonds is 0. The largest absolute Gasteiger partial charge is 0.503 e. The minimum atomic E-state index is -1.83. The molecule has 0 aliphatic rings. The fourth-order valence-corrected chi connectivity index (χ4v) is 0. The van der Waals surface area contributed by atoms with E-state index >= 15 is 0 Å². The molecule has 0 fully saturated rings. The van der Waals surface area contributed by atoms with Gasteiger partial charge in [-0.3, -0.25) is 0 Å². The molecule has 0 aliphatic heterocycles. The third-order valence-electron chi connectivity index (χ3n) is 0. The second kappa shape index (κ2) is 24.6. The molecule has 0 unspecified atom stereocenters. The molecule has 0 rings (SSSR count). The van der Waals surface area contributed by atoms with Crippen LogP contribution in [-0.4, -0.2) is 79.7 Å². The molecule has 0 saturated carbocycles. The fraction of sp³-hybridized carbons (Fsp3) is 0. The molecule has 0 aromatic heterocycles. The van der Waals surface area contributed by atoms with E-state index in [-0.39, 0.29) is 63.4 Å². The number of hydrogen-bond acceptors (Lipinski definition) is 1. The normalized spacial score (nSPS) is 3.00. The van der Waals surface area contributed by atoms with Crippen LogP contribution in [0.1, 0.15) is 0 Å². The Morgan fingerprint density at radius 3 is 1.00 bits per heavy atom. The van der Waals surface area contributed by atoms with Gasteiger partial charge in [-0.1, -0.05) is 0 Å². The molecule has 6 N–H and O–H groups in total. The maximum Gasteiger partial charge on any atom is 0.503 e. The summed E-state index contributed by atoms with van der Waals surface area (Å²) in [7, 11) is 0. The smallest absolute Gasteiger partial charge is 0.450 e. The van der Waals surface area contributed by atoms with Gasteiger partial charge in [-0.25, -0.2) is 4.79 Å². The molecule has 0 saturated heterocycles. The van der Waals surface area contributed by atoms with E-state index < -0.39 is 6.16 Å². The summed E-state index contributed by atoms with van der Waals surface area (Å²) >= 11 is 0. The van der Waals surface area contributed by atoms with Gasteiger partial charge in [0.25, 0.3) is 0 Å². The molecule has 0 heterocycles. The standard InChI is InChI=1S/CH2O3.2Bi.2H2O/c2-1(3)4;;;;/h(H2,2,3,4);;;2*1H2. The molecule has 0 spiro atoms. The van der Waals surface area contributed by atoms with Crippen LogP contribution >= 0.6 is 0 Å². The zero-order valence-electron chi connectivity index (χ0n) is 3.70. The molecule has 6 radical (unpaired) electrons. The van der Waals surface area contributed by atoms with E-state index in [2.05, 4.69) is 0 Å². The van der Waals surface area contributed by atoms with Crippen LogP contribution in [0.3, 0.4) is 0 Å². The average Bonchev–Trinajstić information content (AvgIpc) is 0.811. The van der Waals surface area contributed by atoms with E-state index in [4.69, 9.17) is 15.0 Å². The predicted octanol–water partition coefficient (Wildman–Crippen LogP) is -2.19. The Morgan fingerprint density at radius 2 is 1.00 bits per heavy atom. The molecular formula is CH6Bi2O5. The van der Waals surface area contributed by atoms with E-state index in [9.17, 15) is 0 Å². The maximum absolute atomic E-state index is 8.56. The molecule has 5 nitrogen and oxygen atoms in total. The van der Waals surface area contributed by atoms with Crippen LogP contribution in [0, 0.1) is 0 Å². The van der Waals surface area contributed by atoms with Crippen molar-refractivity contribution in [2.45, 2.75) is 0 Å². The molecule has 8 heavy (non-hydrogen) atoms. The van der Waals surface area contributed by atoms with E-state index in [0.29, 0.717) is 0 Å². The van der Waals surface area contributed by atoms with Crippen LogP contribution in [0.4, 0.5) is 4.79 Å². The third-order valence-corrected chi connectivity index (χ3v) is 0. The summed E-state index contributed by atoms with van der Waals surface area (Å²) in [6, 6.07) is 0. The van der Waals surface area contributed by atoms with Crippen LogP contribution in [-0.2, 0) is 0 Å². The Kier molecular flexibility index (Phi) is 111. The van der Waals surface area contributed by atoms with Crippen molar-refractivity contribution in [3.63, 3.8) is 0 Å². The van der Waals surface area contributed by atoms with Crippen LogP contribution in [0.25, 0.3) is 0 Å². The van der Waals surface area contributed by atoms with Crippen molar-refractivity contribution in [2.24, 2.45) is 0 Å². The van der Waals surface area contributed by atoms with Crippen LogP contribution in [0.2, 0.25) is 0 Å². The van der Waals surface area contributed by atoms with Gasteiger partial charge in [0, 0.05) is 52.4 Å². The van der Waals surface area contributed by atoms with Crippen molar-refractivity contribution >= 4 is 58.6 Å². The first kappa shape index (κ1) is 36.2. The maximum atomic E-state index is 8.56. The molecule has 0 aromatic carbocycles. The first-order valence-corrected chi connectivity index (χ1v) is 0.651. The molecule has 0 aromatic rings. The quantitative estimate of drug-likeness (QED) is 0.357. The SMILES string of the molecule is O.O.O=C(O)O.[Bi].[Bi]. The van der Waals surface area contributed by atoms with Crippen LogP contribution in [0.5, 0.6) is 0 Å². The van der Waals surface area contributed by atoms with Gasteiger partial charge in [0.05, 0.1) is 0 Å². The average molecular weight is 516 g/mol. The van der Waals surface area contributed by atoms with Gasteiger partial charge in [0.2, 0.25) is 0 Å². The predicted molar refractivity (Wildman–Crippen MR) is 29.4 cm³/mol. The third kappa shape index (κ3) is 270. The van der Waals surface area contributed by atoms with Crippen molar-refractivity contribution in [1.82, 2.24) is 0 Å². The van der Waals surface area contributed by atoms with E-state index in [0.717, 1.165) is 0 Å². The van der Waals surface area contributed by atoms with Gasteiger partial charge in [-0.05, 0) is 0 Å².